The highest BCUT2D eigenvalue weighted by molar-refractivity contribution is 5.82. The average molecular weight is 260 g/mol. The molecule has 3 rings (SSSR count). The summed E-state index contributed by atoms with van der Waals surface area (Å²) in [6.45, 7) is 2.06. The Hall–Kier alpha value is -1.81. The van der Waals surface area contributed by atoms with Crippen LogP contribution < -0.4 is 5.32 Å². The van der Waals surface area contributed by atoms with Gasteiger partial charge in [0.1, 0.15) is 5.78 Å². The van der Waals surface area contributed by atoms with Crippen molar-refractivity contribution in [2.24, 2.45) is 5.92 Å². The van der Waals surface area contributed by atoms with Crippen LogP contribution in [0.1, 0.15) is 43.4 Å². The van der Waals surface area contributed by atoms with Crippen molar-refractivity contribution in [3.63, 3.8) is 0 Å². The summed E-state index contributed by atoms with van der Waals surface area (Å²) in [4.78, 5) is 12.3. The summed E-state index contributed by atoms with van der Waals surface area (Å²) in [5.74, 6) is 2.06. The van der Waals surface area contributed by atoms with Crippen molar-refractivity contribution in [1.29, 1.82) is 0 Å². The average Bonchev–Trinajstić information content (AvgIpc) is 3.11. The van der Waals surface area contributed by atoms with E-state index in [0.717, 1.165) is 17.9 Å². The molecule has 1 aliphatic rings. The molecule has 0 spiro atoms. The van der Waals surface area contributed by atoms with Crippen molar-refractivity contribution in [3.05, 3.63) is 48.3 Å². The molecule has 0 amide bonds. The van der Waals surface area contributed by atoms with Gasteiger partial charge in [-0.1, -0.05) is 6.92 Å². The minimum absolute atomic E-state index is 0.0253. The molecular formula is C15H18NO3+. The van der Waals surface area contributed by atoms with Crippen molar-refractivity contribution in [2.45, 2.75) is 31.8 Å². The number of hydrogen-bond acceptors (Lipinski definition) is 3. The Kier molecular flexibility index (Phi) is 3.25. The van der Waals surface area contributed by atoms with E-state index >= 15 is 0 Å². The Morgan fingerprint density at radius 2 is 1.89 bits per heavy atom. The minimum Gasteiger partial charge on any atom is -0.463 e. The molecule has 3 heterocycles. The molecule has 2 aromatic heterocycles. The van der Waals surface area contributed by atoms with Gasteiger partial charge in [-0.3, -0.25) is 4.79 Å². The zero-order valence-electron chi connectivity index (χ0n) is 10.9. The Labute approximate surface area is 111 Å². The second-order valence-electron chi connectivity index (χ2n) is 5.04. The molecule has 0 bridgehead atoms. The predicted molar refractivity (Wildman–Crippen MR) is 68.2 cm³/mol. The van der Waals surface area contributed by atoms with E-state index in [2.05, 4.69) is 12.2 Å². The van der Waals surface area contributed by atoms with Crippen LogP contribution in [0.2, 0.25) is 0 Å². The zero-order valence-corrected chi connectivity index (χ0v) is 10.9. The number of Topliss-reactive ketones (excluding diaryl/α,β-unsaturated/α-hetero) is 1. The lowest BCUT2D eigenvalue weighted by molar-refractivity contribution is -0.746. The van der Waals surface area contributed by atoms with E-state index < -0.39 is 0 Å². The lowest BCUT2D eigenvalue weighted by Gasteiger charge is -2.30. The summed E-state index contributed by atoms with van der Waals surface area (Å²) in [7, 11) is 0. The maximum Gasteiger partial charge on any atom is 0.161 e. The van der Waals surface area contributed by atoms with Gasteiger partial charge in [0.25, 0.3) is 0 Å². The molecule has 0 aromatic carbocycles. The molecule has 1 aliphatic heterocycles. The second kappa shape index (κ2) is 5.05. The molecular weight excluding hydrogens is 242 g/mol. The molecule has 2 N–H and O–H groups in total. The standard InChI is InChI=1S/C15H17NO3/c1-2-10-12(17)9-11(13-5-3-7-18-13)16-15(10)14-6-4-8-19-14/h3-8,10-11,15-16H,2,9H2,1H3/p+1/t10-,11+,15+/m1/s1. The largest absolute Gasteiger partial charge is 0.463 e. The number of carbonyl (C=O) groups excluding carboxylic acids is 1. The van der Waals surface area contributed by atoms with Crippen LogP contribution >= 0.6 is 0 Å². The summed E-state index contributed by atoms with van der Waals surface area (Å²) in [6.07, 6.45) is 4.69. The molecule has 2 aromatic rings. The van der Waals surface area contributed by atoms with Crippen LogP contribution in [0.3, 0.4) is 0 Å². The summed E-state index contributed by atoms with van der Waals surface area (Å²) in [6, 6.07) is 7.72. The van der Waals surface area contributed by atoms with Crippen LogP contribution in [-0.2, 0) is 4.79 Å². The van der Waals surface area contributed by atoms with E-state index in [0.29, 0.717) is 12.2 Å². The quantitative estimate of drug-likeness (QED) is 0.920. The number of ketones is 1. The van der Waals surface area contributed by atoms with Gasteiger partial charge in [0.05, 0.1) is 24.9 Å². The highest BCUT2D eigenvalue weighted by Gasteiger charge is 2.42. The van der Waals surface area contributed by atoms with Gasteiger partial charge in [0.15, 0.2) is 23.6 Å². The van der Waals surface area contributed by atoms with E-state index in [4.69, 9.17) is 8.83 Å². The van der Waals surface area contributed by atoms with Crippen molar-refractivity contribution in [2.75, 3.05) is 0 Å². The number of furan rings is 2. The van der Waals surface area contributed by atoms with E-state index in [1.807, 2.05) is 24.3 Å². The maximum atomic E-state index is 12.3. The molecule has 19 heavy (non-hydrogen) atoms. The van der Waals surface area contributed by atoms with Gasteiger partial charge in [0, 0.05) is 0 Å². The van der Waals surface area contributed by atoms with Crippen LogP contribution in [0, 0.1) is 5.92 Å². The first-order chi connectivity index (χ1) is 9.29. The fourth-order valence-electron chi connectivity index (χ4n) is 2.97. The molecule has 0 unspecified atom stereocenters. The van der Waals surface area contributed by atoms with Crippen LogP contribution in [0.15, 0.2) is 45.6 Å². The van der Waals surface area contributed by atoms with Crippen molar-refractivity contribution >= 4 is 5.78 Å². The van der Waals surface area contributed by atoms with Gasteiger partial charge in [-0.2, -0.15) is 0 Å². The Balaban J connectivity index is 1.89. The van der Waals surface area contributed by atoms with Crippen LogP contribution in [0.4, 0.5) is 0 Å². The SMILES string of the molecule is CC[C@@H]1C(=O)C[C@@H](c2ccco2)[NH2+][C@@H]1c1ccco1. The second-order valence-corrected chi connectivity index (χ2v) is 5.04. The number of carbonyl (C=O) groups is 1. The zero-order chi connectivity index (χ0) is 13.2. The smallest absolute Gasteiger partial charge is 0.161 e. The minimum atomic E-state index is 0.0253. The van der Waals surface area contributed by atoms with Gasteiger partial charge in [-0.25, -0.2) is 0 Å². The summed E-state index contributed by atoms with van der Waals surface area (Å²) in [5.41, 5.74) is 0. The maximum absolute atomic E-state index is 12.3. The summed E-state index contributed by atoms with van der Waals surface area (Å²) in [5, 5.41) is 2.20. The third-order valence-corrected chi connectivity index (χ3v) is 3.93. The fourth-order valence-corrected chi connectivity index (χ4v) is 2.97. The lowest BCUT2D eigenvalue weighted by Crippen LogP contribution is -2.90. The molecule has 4 nitrogen and oxygen atoms in total. The lowest BCUT2D eigenvalue weighted by atomic mass is 9.82. The van der Waals surface area contributed by atoms with Crippen molar-refractivity contribution in [1.82, 2.24) is 0 Å². The number of piperidine rings is 1. The van der Waals surface area contributed by atoms with E-state index in [-0.39, 0.29) is 18.0 Å². The van der Waals surface area contributed by atoms with E-state index in [1.165, 1.54) is 0 Å². The number of quaternary nitrogens is 1. The van der Waals surface area contributed by atoms with E-state index in [1.54, 1.807) is 12.5 Å². The van der Waals surface area contributed by atoms with Gasteiger partial charge in [-0.15, -0.1) is 0 Å². The first kappa shape index (κ1) is 12.2. The predicted octanol–water partition coefficient (Wildman–Crippen LogP) is 2.22. The molecule has 0 aliphatic carbocycles. The summed E-state index contributed by atoms with van der Waals surface area (Å²) < 4.78 is 10.9. The molecule has 4 heteroatoms. The first-order valence-electron chi connectivity index (χ1n) is 6.74. The van der Waals surface area contributed by atoms with Crippen LogP contribution in [-0.4, -0.2) is 5.78 Å². The topological polar surface area (TPSA) is 60.0 Å². The Morgan fingerprint density at radius 1 is 1.21 bits per heavy atom. The molecule has 0 radical (unpaired) electrons. The summed E-state index contributed by atoms with van der Waals surface area (Å²) >= 11 is 0. The molecule has 1 saturated heterocycles. The Bertz CT molecular complexity index is 530. The molecule has 0 saturated carbocycles. The van der Waals surface area contributed by atoms with Gasteiger partial charge in [0.2, 0.25) is 0 Å². The number of rotatable bonds is 3. The highest BCUT2D eigenvalue weighted by Crippen LogP contribution is 2.31. The van der Waals surface area contributed by atoms with Crippen LogP contribution in [0.5, 0.6) is 0 Å². The molecule has 100 valence electrons. The monoisotopic (exact) mass is 260 g/mol. The number of nitrogens with two attached hydrogens (primary N) is 1. The van der Waals surface area contributed by atoms with Gasteiger partial charge < -0.3 is 14.2 Å². The van der Waals surface area contributed by atoms with E-state index in [9.17, 15) is 4.79 Å². The van der Waals surface area contributed by atoms with Gasteiger partial charge >= 0.3 is 0 Å². The van der Waals surface area contributed by atoms with Crippen molar-refractivity contribution < 1.29 is 18.9 Å². The third kappa shape index (κ3) is 2.24. The Morgan fingerprint density at radius 3 is 2.47 bits per heavy atom. The first-order valence-corrected chi connectivity index (χ1v) is 6.74. The molecule has 1 fully saturated rings. The normalized spacial score (nSPS) is 27.6. The van der Waals surface area contributed by atoms with Crippen LogP contribution in [0.25, 0.3) is 0 Å². The number of hydrogen-bond donors (Lipinski definition) is 1. The third-order valence-electron chi connectivity index (χ3n) is 3.93. The van der Waals surface area contributed by atoms with Crippen molar-refractivity contribution in [3.8, 4) is 0 Å². The molecule has 3 atom stereocenters. The fraction of sp³-hybridized carbons (Fsp3) is 0.400. The highest BCUT2D eigenvalue weighted by atomic mass is 16.3. The van der Waals surface area contributed by atoms with Gasteiger partial charge in [-0.05, 0) is 30.7 Å².